The SMILES string of the molecule is CC.CCN(CCCCCCN)CCOC1CCCCO1. The van der Waals surface area contributed by atoms with E-state index in [1.165, 1.54) is 38.6 Å². The first-order valence-corrected chi connectivity index (χ1v) is 9.02. The van der Waals surface area contributed by atoms with Crippen molar-refractivity contribution in [2.24, 2.45) is 5.73 Å². The third-order valence-corrected chi connectivity index (χ3v) is 3.72. The summed E-state index contributed by atoms with van der Waals surface area (Å²) in [6.07, 6.45) is 8.53. The molecule has 1 aliphatic rings. The smallest absolute Gasteiger partial charge is 0.157 e. The number of unbranched alkanes of at least 4 members (excludes halogenated alkanes) is 3. The second-order valence-electron chi connectivity index (χ2n) is 5.30. The van der Waals surface area contributed by atoms with Crippen molar-refractivity contribution < 1.29 is 9.47 Å². The average molecular weight is 303 g/mol. The Labute approximate surface area is 132 Å². The Morgan fingerprint density at radius 3 is 2.48 bits per heavy atom. The fourth-order valence-electron chi connectivity index (χ4n) is 2.42. The summed E-state index contributed by atoms with van der Waals surface area (Å²) in [4.78, 5) is 2.46. The van der Waals surface area contributed by atoms with E-state index < -0.39 is 0 Å². The Kier molecular flexibility index (Phi) is 16.1. The Morgan fingerprint density at radius 1 is 1.10 bits per heavy atom. The van der Waals surface area contributed by atoms with E-state index in [1.54, 1.807) is 0 Å². The zero-order valence-electron chi connectivity index (χ0n) is 14.6. The largest absolute Gasteiger partial charge is 0.353 e. The molecule has 1 fully saturated rings. The molecule has 0 aromatic rings. The summed E-state index contributed by atoms with van der Waals surface area (Å²) in [5.41, 5.74) is 5.49. The van der Waals surface area contributed by atoms with Gasteiger partial charge in [0, 0.05) is 13.2 Å². The van der Waals surface area contributed by atoms with Crippen LogP contribution in [-0.4, -0.2) is 50.6 Å². The fourth-order valence-corrected chi connectivity index (χ4v) is 2.42. The lowest BCUT2D eigenvalue weighted by Gasteiger charge is -2.25. The average Bonchev–Trinajstić information content (AvgIpc) is 2.56. The van der Waals surface area contributed by atoms with Crippen LogP contribution in [-0.2, 0) is 9.47 Å². The molecular weight excluding hydrogens is 264 g/mol. The minimum absolute atomic E-state index is 0.0528. The Hall–Kier alpha value is -0.160. The molecule has 0 saturated carbocycles. The molecule has 0 aromatic carbocycles. The highest BCUT2D eigenvalue weighted by Gasteiger charge is 2.14. The first-order valence-electron chi connectivity index (χ1n) is 9.02. The highest BCUT2D eigenvalue weighted by molar-refractivity contribution is 4.58. The van der Waals surface area contributed by atoms with Crippen LogP contribution in [0, 0.1) is 0 Å². The van der Waals surface area contributed by atoms with E-state index in [2.05, 4.69) is 11.8 Å². The van der Waals surface area contributed by atoms with Crippen molar-refractivity contribution in [3.63, 3.8) is 0 Å². The van der Waals surface area contributed by atoms with Crippen molar-refractivity contribution >= 4 is 0 Å². The normalized spacial score (nSPS) is 18.4. The molecule has 21 heavy (non-hydrogen) atoms. The van der Waals surface area contributed by atoms with Crippen molar-refractivity contribution in [2.45, 2.75) is 72.0 Å². The fraction of sp³-hybridized carbons (Fsp3) is 1.00. The van der Waals surface area contributed by atoms with Crippen LogP contribution in [0.5, 0.6) is 0 Å². The Morgan fingerprint density at radius 2 is 1.86 bits per heavy atom. The van der Waals surface area contributed by atoms with Gasteiger partial charge in [0.2, 0.25) is 0 Å². The van der Waals surface area contributed by atoms with Crippen molar-refractivity contribution in [1.82, 2.24) is 4.90 Å². The van der Waals surface area contributed by atoms with Gasteiger partial charge in [-0.2, -0.15) is 0 Å². The molecule has 4 nitrogen and oxygen atoms in total. The molecule has 0 spiro atoms. The number of likely N-dealkylation sites (N-methyl/N-ethyl adjacent to an activating group) is 1. The van der Waals surface area contributed by atoms with Crippen molar-refractivity contribution in [2.75, 3.05) is 39.4 Å². The second-order valence-corrected chi connectivity index (χ2v) is 5.30. The first kappa shape index (κ1) is 20.8. The van der Waals surface area contributed by atoms with Gasteiger partial charge in [0.25, 0.3) is 0 Å². The lowest BCUT2D eigenvalue weighted by molar-refractivity contribution is -0.164. The van der Waals surface area contributed by atoms with Gasteiger partial charge in [0.15, 0.2) is 6.29 Å². The number of rotatable bonds is 11. The third kappa shape index (κ3) is 12.1. The van der Waals surface area contributed by atoms with E-state index in [1.807, 2.05) is 13.8 Å². The van der Waals surface area contributed by atoms with Gasteiger partial charge in [-0.1, -0.05) is 33.6 Å². The maximum absolute atomic E-state index is 5.78. The number of ether oxygens (including phenoxy) is 2. The minimum Gasteiger partial charge on any atom is -0.353 e. The number of hydrogen-bond donors (Lipinski definition) is 1. The molecule has 1 atom stereocenters. The van der Waals surface area contributed by atoms with E-state index in [0.717, 1.165) is 45.7 Å². The molecule has 2 N–H and O–H groups in total. The third-order valence-electron chi connectivity index (χ3n) is 3.72. The van der Waals surface area contributed by atoms with E-state index in [0.29, 0.717) is 0 Å². The number of nitrogens with two attached hydrogens (primary N) is 1. The van der Waals surface area contributed by atoms with Gasteiger partial charge < -0.3 is 20.1 Å². The predicted molar refractivity (Wildman–Crippen MR) is 90.5 cm³/mol. The summed E-state index contributed by atoms with van der Waals surface area (Å²) in [6.45, 7) is 12.0. The van der Waals surface area contributed by atoms with E-state index in [9.17, 15) is 0 Å². The van der Waals surface area contributed by atoms with Gasteiger partial charge in [-0.25, -0.2) is 0 Å². The maximum Gasteiger partial charge on any atom is 0.157 e. The predicted octanol–water partition coefficient (Wildman–Crippen LogP) is 3.40. The van der Waals surface area contributed by atoms with Gasteiger partial charge in [-0.05, 0) is 51.7 Å². The van der Waals surface area contributed by atoms with Crippen LogP contribution in [0.15, 0.2) is 0 Å². The topological polar surface area (TPSA) is 47.7 Å². The molecule has 0 amide bonds. The van der Waals surface area contributed by atoms with Crippen molar-refractivity contribution in [3.8, 4) is 0 Å². The van der Waals surface area contributed by atoms with Crippen molar-refractivity contribution in [3.05, 3.63) is 0 Å². The molecule has 1 unspecified atom stereocenters. The molecule has 128 valence electrons. The molecule has 0 radical (unpaired) electrons. The summed E-state index contributed by atoms with van der Waals surface area (Å²) in [5.74, 6) is 0. The molecule has 1 aliphatic heterocycles. The monoisotopic (exact) mass is 302 g/mol. The highest BCUT2D eigenvalue weighted by atomic mass is 16.7. The van der Waals surface area contributed by atoms with Crippen molar-refractivity contribution in [1.29, 1.82) is 0 Å². The zero-order valence-corrected chi connectivity index (χ0v) is 14.6. The summed E-state index contributed by atoms with van der Waals surface area (Å²) in [5, 5.41) is 0. The maximum atomic E-state index is 5.78. The molecule has 0 aliphatic carbocycles. The summed E-state index contributed by atoms with van der Waals surface area (Å²) in [6, 6.07) is 0. The van der Waals surface area contributed by atoms with E-state index in [-0.39, 0.29) is 6.29 Å². The van der Waals surface area contributed by atoms with E-state index >= 15 is 0 Å². The molecule has 1 saturated heterocycles. The van der Waals surface area contributed by atoms with E-state index in [4.69, 9.17) is 15.2 Å². The highest BCUT2D eigenvalue weighted by Crippen LogP contribution is 2.13. The molecule has 0 bridgehead atoms. The molecule has 0 aromatic heterocycles. The molecular formula is C17H38N2O2. The van der Waals surface area contributed by atoms with Gasteiger partial charge in [0.05, 0.1) is 6.61 Å². The second kappa shape index (κ2) is 16.2. The van der Waals surface area contributed by atoms with Gasteiger partial charge in [-0.3, -0.25) is 0 Å². The number of nitrogens with zero attached hydrogens (tertiary/aromatic N) is 1. The quantitative estimate of drug-likeness (QED) is 0.594. The molecule has 4 heteroatoms. The van der Waals surface area contributed by atoms with Crippen LogP contribution in [0.25, 0.3) is 0 Å². The van der Waals surface area contributed by atoms with Gasteiger partial charge >= 0.3 is 0 Å². The Bertz CT molecular complexity index is 197. The minimum atomic E-state index is 0.0528. The standard InChI is InChI=1S/C15H32N2O2.C2H6/c1-2-17(11-7-4-3-6-10-16)12-14-19-15-9-5-8-13-18-15;1-2/h15H,2-14,16H2,1H3;1-2H3. The molecule has 1 rings (SSSR count). The summed E-state index contributed by atoms with van der Waals surface area (Å²) >= 11 is 0. The van der Waals surface area contributed by atoms with Crippen LogP contribution in [0.4, 0.5) is 0 Å². The van der Waals surface area contributed by atoms with Crippen LogP contribution < -0.4 is 5.73 Å². The molecule has 1 heterocycles. The summed E-state index contributed by atoms with van der Waals surface area (Å²) in [7, 11) is 0. The van der Waals surface area contributed by atoms with Crippen LogP contribution in [0.3, 0.4) is 0 Å². The summed E-state index contributed by atoms with van der Waals surface area (Å²) < 4.78 is 11.3. The van der Waals surface area contributed by atoms with Gasteiger partial charge in [-0.15, -0.1) is 0 Å². The van der Waals surface area contributed by atoms with Crippen LogP contribution in [0.2, 0.25) is 0 Å². The van der Waals surface area contributed by atoms with Crippen LogP contribution in [0.1, 0.15) is 65.7 Å². The number of hydrogen-bond acceptors (Lipinski definition) is 4. The lowest BCUT2D eigenvalue weighted by Crippen LogP contribution is -2.31. The zero-order chi connectivity index (χ0) is 15.8. The van der Waals surface area contributed by atoms with Crippen LogP contribution >= 0.6 is 0 Å². The van der Waals surface area contributed by atoms with Gasteiger partial charge in [0.1, 0.15) is 0 Å². The first-order chi connectivity index (χ1) is 10.4. The Balaban J connectivity index is 0.00000191. The lowest BCUT2D eigenvalue weighted by atomic mass is 10.2.